The molecule has 2 atom stereocenters. The van der Waals surface area contributed by atoms with Gasteiger partial charge in [0.1, 0.15) is 5.52 Å². The number of aromatic amines is 1. The molecule has 31 heavy (non-hydrogen) atoms. The summed E-state index contributed by atoms with van der Waals surface area (Å²) < 4.78 is 29.2. The van der Waals surface area contributed by atoms with Gasteiger partial charge in [0.15, 0.2) is 5.69 Å². The lowest BCUT2D eigenvalue weighted by Crippen LogP contribution is -2.34. The summed E-state index contributed by atoms with van der Waals surface area (Å²) in [5, 5.41) is 7.67. The first-order chi connectivity index (χ1) is 14.7. The Kier molecular flexibility index (Phi) is 4.48. The minimum absolute atomic E-state index is 0.0141. The van der Waals surface area contributed by atoms with Crippen LogP contribution in [-0.2, 0) is 0 Å². The van der Waals surface area contributed by atoms with Gasteiger partial charge in [0.05, 0.1) is 17.8 Å². The highest BCUT2D eigenvalue weighted by Gasteiger charge is 2.60. The van der Waals surface area contributed by atoms with E-state index in [1.54, 1.807) is 12.1 Å². The van der Waals surface area contributed by atoms with Crippen LogP contribution in [0.5, 0.6) is 0 Å². The zero-order chi connectivity index (χ0) is 22.1. The smallest absolute Gasteiger partial charge is 0.274 e. The first-order valence-corrected chi connectivity index (χ1v) is 10.6. The Morgan fingerprint density at radius 2 is 2.10 bits per heavy atom. The van der Waals surface area contributed by atoms with Gasteiger partial charge < -0.3 is 10.3 Å². The van der Waals surface area contributed by atoms with E-state index in [-0.39, 0.29) is 22.8 Å². The zero-order valence-electron chi connectivity index (χ0n) is 17.0. The highest BCUT2D eigenvalue weighted by Crippen LogP contribution is 2.57. The average molecular weight is 447 g/mol. The number of carbonyl (C=O) groups is 1. The monoisotopic (exact) mass is 446 g/mol. The number of nitrogens with zero attached hydrogens (tertiary/aromatic N) is 2. The van der Waals surface area contributed by atoms with Gasteiger partial charge in [-0.2, -0.15) is 5.10 Å². The molecule has 1 amide bonds. The van der Waals surface area contributed by atoms with Crippen molar-refractivity contribution in [1.29, 1.82) is 0 Å². The van der Waals surface area contributed by atoms with Gasteiger partial charge >= 0.3 is 0 Å². The van der Waals surface area contributed by atoms with Crippen molar-refractivity contribution in [3.8, 4) is 11.3 Å². The molecule has 2 saturated carbocycles. The molecule has 0 spiro atoms. The lowest BCUT2D eigenvalue weighted by Gasteiger charge is -2.12. The lowest BCUT2D eigenvalue weighted by molar-refractivity contribution is 0.0927. The van der Waals surface area contributed by atoms with Crippen LogP contribution in [0.15, 0.2) is 29.2 Å². The molecule has 2 N–H and O–H groups in total. The Morgan fingerprint density at radius 1 is 1.39 bits per heavy atom. The van der Waals surface area contributed by atoms with Crippen LogP contribution in [0.25, 0.3) is 16.8 Å². The molecule has 3 aromatic rings. The molecule has 9 heteroatoms. The van der Waals surface area contributed by atoms with E-state index < -0.39 is 29.7 Å². The van der Waals surface area contributed by atoms with E-state index in [9.17, 15) is 18.4 Å². The molecule has 162 valence electrons. The maximum Gasteiger partial charge on any atom is 0.274 e. The average Bonchev–Trinajstić information content (AvgIpc) is 3.61. The Hall–Kier alpha value is -2.74. The molecule has 0 saturated heterocycles. The minimum atomic E-state index is -2.95. The molecule has 2 fully saturated rings. The molecule has 2 aliphatic carbocycles. The number of benzene rings is 1. The van der Waals surface area contributed by atoms with Crippen LogP contribution < -0.4 is 10.9 Å². The number of hydrogen-bond donors (Lipinski definition) is 2. The van der Waals surface area contributed by atoms with Crippen LogP contribution in [0, 0.1) is 12.8 Å². The number of hydrogen-bond acceptors (Lipinski definition) is 3. The Labute approximate surface area is 181 Å². The summed E-state index contributed by atoms with van der Waals surface area (Å²) >= 11 is 6.20. The van der Waals surface area contributed by atoms with Crippen molar-refractivity contribution < 1.29 is 13.6 Å². The predicted octanol–water partition coefficient (Wildman–Crippen LogP) is 4.30. The number of aryl methyl sites for hydroxylation is 1. The van der Waals surface area contributed by atoms with Crippen molar-refractivity contribution in [3.63, 3.8) is 0 Å². The largest absolute Gasteiger partial charge is 0.348 e. The Morgan fingerprint density at radius 3 is 2.71 bits per heavy atom. The number of aromatic nitrogens is 3. The predicted molar refractivity (Wildman–Crippen MR) is 113 cm³/mol. The van der Waals surface area contributed by atoms with Gasteiger partial charge in [-0.05, 0) is 44.2 Å². The maximum absolute atomic E-state index is 14.0. The summed E-state index contributed by atoms with van der Waals surface area (Å²) in [6.07, 6.45) is 3.19. The minimum Gasteiger partial charge on any atom is -0.348 e. The van der Waals surface area contributed by atoms with E-state index in [0.29, 0.717) is 22.2 Å². The van der Waals surface area contributed by atoms with Gasteiger partial charge in [0, 0.05) is 28.6 Å². The Balaban J connectivity index is 1.63. The number of alkyl halides is 2. The second kappa shape index (κ2) is 6.88. The molecule has 1 unspecified atom stereocenters. The van der Waals surface area contributed by atoms with Crippen LogP contribution >= 0.6 is 11.6 Å². The number of rotatable bonds is 5. The zero-order valence-corrected chi connectivity index (χ0v) is 17.8. The summed E-state index contributed by atoms with van der Waals surface area (Å²) in [5.74, 6) is -4.27. The summed E-state index contributed by atoms with van der Waals surface area (Å²) in [6, 6.07) is 5.24. The molecule has 2 aromatic heterocycles. The topological polar surface area (TPSA) is 79.3 Å². The van der Waals surface area contributed by atoms with E-state index in [2.05, 4.69) is 15.4 Å². The molecule has 6 nitrogen and oxygen atoms in total. The summed E-state index contributed by atoms with van der Waals surface area (Å²) in [5.41, 5.74) is 1.27. The first-order valence-electron chi connectivity index (χ1n) is 10.3. The molecule has 2 heterocycles. The lowest BCUT2D eigenvalue weighted by atomic mass is 10.1. The van der Waals surface area contributed by atoms with Crippen molar-refractivity contribution in [2.45, 2.75) is 51.0 Å². The molecule has 0 radical (unpaired) electrons. The highest BCUT2D eigenvalue weighted by molar-refractivity contribution is 6.31. The molecule has 0 bridgehead atoms. The fourth-order valence-electron chi connectivity index (χ4n) is 4.02. The quantitative estimate of drug-likeness (QED) is 0.613. The van der Waals surface area contributed by atoms with Crippen molar-refractivity contribution in [2.24, 2.45) is 5.92 Å². The number of halogens is 3. The van der Waals surface area contributed by atoms with Crippen molar-refractivity contribution in [1.82, 2.24) is 19.9 Å². The third kappa shape index (κ3) is 3.52. The van der Waals surface area contributed by atoms with Gasteiger partial charge in [-0.25, -0.2) is 13.3 Å². The standard InChI is InChI=1S/C22H21ClF2N4O2/c1-10-3-4-13(7-15(10)23)16-9-29-19(21(31)27-16)17(14-8-22(14,24)25)18(28-29)20(30)26-11(2)12-5-6-12/h3-4,7,9,11-12,14H,5-6,8H2,1-2H3,(H,26,30)(H,27,31)/t11-,14?/m0/s1. The van der Waals surface area contributed by atoms with E-state index in [1.165, 1.54) is 10.7 Å². The van der Waals surface area contributed by atoms with Gasteiger partial charge in [0.2, 0.25) is 0 Å². The number of nitrogens with one attached hydrogen (secondary N) is 2. The molecular formula is C22H21ClF2N4O2. The van der Waals surface area contributed by atoms with E-state index in [0.717, 1.165) is 18.4 Å². The fourth-order valence-corrected chi connectivity index (χ4v) is 4.20. The third-order valence-electron chi connectivity index (χ3n) is 6.22. The SMILES string of the molecule is Cc1ccc(-c2cn3nc(C(=O)N[C@@H](C)C4CC4)c(C4CC4(F)F)c3c(=O)[nH]2)cc1Cl. The van der Waals surface area contributed by atoms with Gasteiger partial charge in [-0.3, -0.25) is 9.59 Å². The normalized spacial score (nSPS) is 20.6. The van der Waals surface area contributed by atoms with Crippen molar-refractivity contribution in [3.05, 3.63) is 56.6 Å². The number of fused-ring (bicyclic) bond motifs is 1. The van der Waals surface area contributed by atoms with Crippen molar-refractivity contribution in [2.75, 3.05) is 0 Å². The van der Waals surface area contributed by atoms with E-state index in [4.69, 9.17) is 11.6 Å². The first kappa shape index (κ1) is 20.2. The fraction of sp³-hybridized carbons (Fsp3) is 0.409. The van der Waals surface area contributed by atoms with Gasteiger partial charge in [-0.15, -0.1) is 0 Å². The molecule has 2 aliphatic rings. The molecule has 1 aromatic carbocycles. The van der Waals surface area contributed by atoms with Gasteiger partial charge in [-0.1, -0.05) is 23.7 Å². The number of H-pyrrole nitrogens is 1. The van der Waals surface area contributed by atoms with Gasteiger partial charge in [0.25, 0.3) is 17.4 Å². The molecule has 0 aliphatic heterocycles. The van der Waals surface area contributed by atoms with E-state index >= 15 is 0 Å². The summed E-state index contributed by atoms with van der Waals surface area (Å²) in [7, 11) is 0. The highest BCUT2D eigenvalue weighted by atomic mass is 35.5. The third-order valence-corrected chi connectivity index (χ3v) is 6.63. The van der Waals surface area contributed by atoms with Crippen LogP contribution in [0.3, 0.4) is 0 Å². The molecule has 5 rings (SSSR count). The van der Waals surface area contributed by atoms with E-state index in [1.807, 2.05) is 19.9 Å². The van der Waals surface area contributed by atoms with Crippen LogP contribution in [0.4, 0.5) is 8.78 Å². The van der Waals surface area contributed by atoms with Crippen LogP contribution in [-0.4, -0.2) is 32.5 Å². The van der Waals surface area contributed by atoms with Crippen LogP contribution in [0.2, 0.25) is 5.02 Å². The maximum atomic E-state index is 14.0. The number of amides is 1. The Bertz CT molecular complexity index is 1280. The summed E-state index contributed by atoms with van der Waals surface area (Å²) in [6.45, 7) is 3.75. The molecular weight excluding hydrogens is 426 g/mol. The number of carbonyl (C=O) groups excluding carboxylic acids is 1. The van der Waals surface area contributed by atoms with Crippen LogP contribution in [0.1, 0.15) is 53.7 Å². The second-order valence-electron chi connectivity index (χ2n) is 8.63. The second-order valence-corrected chi connectivity index (χ2v) is 9.04. The van der Waals surface area contributed by atoms with Crippen molar-refractivity contribution >= 4 is 23.0 Å². The summed E-state index contributed by atoms with van der Waals surface area (Å²) in [4.78, 5) is 28.6.